The molecule has 1 aliphatic heterocycles. The van der Waals surface area contributed by atoms with Gasteiger partial charge in [0, 0.05) is 32.1 Å². The van der Waals surface area contributed by atoms with Crippen LogP contribution in [0.25, 0.3) is 0 Å². The van der Waals surface area contributed by atoms with Crippen LogP contribution in [0, 0.1) is 11.3 Å². The van der Waals surface area contributed by atoms with Crippen LogP contribution in [0.5, 0.6) is 0 Å². The molecule has 2 N–H and O–H groups in total. The Morgan fingerprint density at radius 1 is 1.40 bits per heavy atom. The highest BCUT2D eigenvalue weighted by atomic mass is 16.2. The number of H-pyrrole nitrogens is 1. The van der Waals surface area contributed by atoms with Crippen molar-refractivity contribution in [1.82, 2.24) is 25.3 Å². The molecule has 0 bridgehead atoms. The summed E-state index contributed by atoms with van der Waals surface area (Å²) in [6.45, 7) is 6.94. The van der Waals surface area contributed by atoms with E-state index in [-0.39, 0.29) is 23.1 Å². The third kappa shape index (κ3) is 3.71. The van der Waals surface area contributed by atoms with Gasteiger partial charge in [0.05, 0.1) is 22.9 Å². The first-order valence-corrected chi connectivity index (χ1v) is 9.08. The maximum absolute atomic E-state index is 12.6. The quantitative estimate of drug-likeness (QED) is 0.773. The molecule has 1 aromatic rings. The fourth-order valence-corrected chi connectivity index (χ4v) is 3.58. The second kappa shape index (κ2) is 6.78. The highest BCUT2D eigenvalue weighted by Gasteiger charge is 2.50. The van der Waals surface area contributed by atoms with Gasteiger partial charge in [-0.25, -0.2) is 0 Å². The van der Waals surface area contributed by atoms with Gasteiger partial charge >= 0.3 is 0 Å². The smallest absolute Gasteiger partial charge is 0.257 e. The largest absolute Gasteiger partial charge is 0.355 e. The average molecular weight is 347 g/mol. The first-order chi connectivity index (χ1) is 11.8. The molecule has 1 aliphatic carbocycles. The van der Waals surface area contributed by atoms with Crippen molar-refractivity contribution < 1.29 is 9.59 Å². The Balaban J connectivity index is 1.45. The standard InChI is InChI=1S/C18H29N5O2/c1-12(2)15-14(8-20-21-15)16(24)23-9-13(10-23)7-19-17(25)18(5-6-18)11-22(3)4/h8,12-13H,5-7,9-11H2,1-4H3,(H,19,25)(H,20,21). The molecule has 7 heteroatoms. The van der Waals surface area contributed by atoms with Gasteiger partial charge in [-0.3, -0.25) is 14.7 Å². The van der Waals surface area contributed by atoms with E-state index in [4.69, 9.17) is 0 Å². The van der Waals surface area contributed by atoms with Crippen molar-refractivity contribution in [2.75, 3.05) is 40.3 Å². The molecule has 2 amide bonds. The number of likely N-dealkylation sites (tertiary alicyclic amines) is 1. The predicted molar refractivity (Wildman–Crippen MR) is 95.3 cm³/mol. The number of aromatic nitrogens is 2. The number of carbonyl (C=O) groups excluding carboxylic acids is 2. The SMILES string of the molecule is CC(C)c1[nH]ncc1C(=O)N1CC(CNC(=O)C2(CN(C)C)CC2)C1. The Morgan fingerprint density at radius 2 is 2.08 bits per heavy atom. The topological polar surface area (TPSA) is 81.3 Å². The molecule has 25 heavy (non-hydrogen) atoms. The molecule has 0 aromatic carbocycles. The predicted octanol–water partition coefficient (Wildman–Crippen LogP) is 1.06. The Hall–Kier alpha value is -1.89. The Morgan fingerprint density at radius 3 is 2.64 bits per heavy atom. The molecule has 1 saturated carbocycles. The van der Waals surface area contributed by atoms with Crippen LogP contribution in [0.3, 0.4) is 0 Å². The van der Waals surface area contributed by atoms with Gasteiger partial charge in [0.25, 0.3) is 5.91 Å². The van der Waals surface area contributed by atoms with Crippen LogP contribution in [0.15, 0.2) is 6.20 Å². The second-order valence-corrected chi connectivity index (χ2v) is 8.16. The van der Waals surface area contributed by atoms with Crippen molar-refractivity contribution in [3.63, 3.8) is 0 Å². The van der Waals surface area contributed by atoms with Crippen LogP contribution in [0.1, 0.15) is 48.7 Å². The van der Waals surface area contributed by atoms with Crippen LogP contribution in [-0.2, 0) is 4.79 Å². The number of carbonyl (C=O) groups is 2. The lowest BCUT2D eigenvalue weighted by atomic mass is 9.97. The molecule has 1 aromatic heterocycles. The fourth-order valence-electron chi connectivity index (χ4n) is 3.58. The van der Waals surface area contributed by atoms with Gasteiger partial charge in [-0.1, -0.05) is 13.8 Å². The molecule has 1 saturated heterocycles. The summed E-state index contributed by atoms with van der Waals surface area (Å²) >= 11 is 0. The highest BCUT2D eigenvalue weighted by molar-refractivity contribution is 5.95. The van der Waals surface area contributed by atoms with Gasteiger partial charge in [0.15, 0.2) is 0 Å². The molecule has 0 spiro atoms. The average Bonchev–Trinajstić information content (AvgIpc) is 3.10. The number of nitrogens with one attached hydrogen (secondary N) is 2. The zero-order valence-electron chi connectivity index (χ0n) is 15.6. The van der Waals surface area contributed by atoms with Crippen LogP contribution in [0.4, 0.5) is 0 Å². The van der Waals surface area contributed by atoms with Crippen molar-refractivity contribution in [2.24, 2.45) is 11.3 Å². The van der Waals surface area contributed by atoms with Crippen molar-refractivity contribution >= 4 is 11.8 Å². The van der Waals surface area contributed by atoms with Crippen LogP contribution >= 0.6 is 0 Å². The number of nitrogens with zero attached hydrogens (tertiary/aromatic N) is 3. The number of hydrogen-bond acceptors (Lipinski definition) is 4. The van der Waals surface area contributed by atoms with Crippen molar-refractivity contribution in [3.05, 3.63) is 17.5 Å². The van der Waals surface area contributed by atoms with Gasteiger partial charge in [0.2, 0.25) is 5.91 Å². The zero-order valence-corrected chi connectivity index (χ0v) is 15.6. The van der Waals surface area contributed by atoms with Gasteiger partial charge < -0.3 is 15.1 Å². The van der Waals surface area contributed by atoms with Crippen LogP contribution in [-0.4, -0.2) is 72.1 Å². The normalized spacial score (nSPS) is 19.2. The van der Waals surface area contributed by atoms with Gasteiger partial charge in [0.1, 0.15) is 0 Å². The molecular formula is C18H29N5O2. The maximum atomic E-state index is 12.6. The first-order valence-electron chi connectivity index (χ1n) is 9.08. The summed E-state index contributed by atoms with van der Waals surface area (Å²) in [7, 11) is 4.01. The number of aromatic amines is 1. The highest BCUT2D eigenvalue weighted by Crippen LogP contribution is 2.46. The second-order valence-electron chi connectivity index (χ2n) is 8.16. The lowest BCUT2D eigenvalue weighted by Crippen LogP contribution is -2.54. The van der Waals surface area contributed by atoms with E-state index in [0.29, 0.717) is 31.1 Å². The lowest BCUT2D eigenvalue weighted by Gasteiger charge is -2.39. The molecule has 138 valence electrons. The number of rotatable bonds is 7. The fraction of sp³-hybridized carbons (Fsp3) is 0.722. The molecule has 2 aliphatic rings. The first kappa shape index (κ1) is 17.9. The zero-order chi connectivity index (χ0) is 18.2. The third-order valence-electron chi connectivity index (χ3n) is 5.23. The number of amides is 2. The van der Waals surface area contributed by atoms with E-state index in [2.05, 4.69) is 20.4 Å². The molecule has 7 nitrogen and oxygen atoms in total. The van der Waals surface area contributed by atoms with Crippen LogP contribution in [0.2, 0.25) is 0 Å². The van der Waals surface area contributed by atoms with E-state index in [1.54, 1.807) is 6.20 Å². The summed E-state index contributed by atoms with van der Waals surface area (Å²) in [5.41, 5.74) is 1.38. The van der Waals surface area contributed by atoms with E-state index < -0.39 is 0 Å². The lowest BCUT2D eigenvalue weighted by molar-refractivity contribution is -0.127. The minimum Gasteiger partial charge on any atom is -0.355 e. The molecule has 2 fully saturated rings. The monoisotopic (exact) mass is 347 g/mol. The third-order valence-corrected chi connectivity index (χ3v) is 5.23. The van der Waals surface area contributed by atoms with Crippen molar-refractivity contribution in [3.8, 4) is 0 Å². The van der Waals surface area contributed by atoms with E-state index >= 15 is 0 Å². The summed E-state index contributed by atoms with van der Waals surface area (Å²) in [4.78, 5) is 28.9. The molecule has 0 radical (unpaired) electrons. The Labute approximate surface area is 149 Å². The van der Waals surface area contributed by atoms with Crippen molar-refractivity contribution in [1.29, 1.82) is 0 Å². The molecule has 0 unspecified atom stereocenters. The minimum atomic E-state index is -0.175. The van der Waals surface area contributed by atoms with E-state index in [0.717, 1.165) is 25.1 Å². The van der Waals surface area contributed by atoms with Crippen molar-refractivity contribution in [2.45, 2.75) is 32.6 Å². The van der Waals surface area contributed by atoms with E-state index in [1.165, 1.54) is 0 Å². The Bertz CT molecular complexity index is 642. The van der Waals surface area contributed by atoms with Gasteiger partial charge in [-0.2, -0.15) is 5.10 Å². The molecule has 3 rings (SSSR count). The minimum absolute atomic E-state index is 0.0336. The summed E-state index contributed by atoms with van der Waals surface area (Å²) < 4.78 is 0. The molecule has 2 heterocycles. The molecule has 0 atom stereocenters. The van der Waals surface area contributed by atoms with Gasteiger partial charge in [-0.05, 0) is 32.9 Å². The van der Waals surface area contributed by atoms with E-state index in [9.17, 15) is 9.59 Å². The van der Waals surface area contributed by atoms with Crippen LogP contribution < -0.4 is 5.32 Å². The van der Waals surface area contributed by atoms with Gasteiger partial charge in [-0.15, -0.1) is 0 Å². The summed E-state index contributed by atoms with van der Waals surface area (Å²) in [5, 5.41) is 10.0. The summed E-state index contributed by atoms with van der Waals surface area (Å²) in [5.74, 6) is 0.788. The molecular weight excluding hydrogens is 318 g/mol. The summed E-state index contributed by atoms with van der Waals surface area (Å²) in [6, 6.07) is 0. The Kier molecular flexibility index (Phi) is 4.86. The van der Waals surface area contributed by atoms with E-state index in [1.807, 2.05) is 32.8 Å². The number of hydrogen-bond donors (Lipinski definition) is 2. The maximum Gasteiger partial charge on any atom is 0.257 e. The summed E-state index contributed by atoms with van der Waals surface area (Å²) in [6.07, 6.45) is 3.57.